The molecule has 0 bridgehead atoms. The van der Waals surface area contributed by atoms with E-state index in [0.717, 1.165) is 18.9 Å². The molecule has 1 rings (SSSR count). The van der Waals surface area contributed by atoms with Crippen LogP contribution in [-0.4, -0.2) is 12.5 Å². The van der Waals surface area contributed by atoms with Crippen molar-refractivity contribution < 1.29 is 4.79 Å². The van der Waals surface area contributed by atoms with E-state index in [0.29, 0.717) is 6.42 Å². The van der Waals surface area contributed by atoms with Gasteiger partial charge in [-0.25, -0.2) is 0 Å². The van der Waals surface area contributed by atoms with Gasteiger partial charge in [-0.2, -0.15) is 0 Å². The molecule has 1 N–H and O–H groups in total. The fourth-order valence-corrected chi connectivity index (χ4v) is 1.96. The number of carbonyl (C=O) groups is 1. The van der Waals surface area contributed by atoms with Gasteiger partial charge in [-0.05, 0) is 25.2 Å². The molecule has 0 spiro atoms. The van der Waals surface area contributed by atoms with E-state index in [9.17, 15) is 4.79 Å². The van der Waals surface area contributed by atoms with Gasteiger partial charge in [-0.3, -0.25) is 4.79 Å². The topological polar surface area (TPSA) is 29.1 Å². The molecule has 0 unspecified atom stereocenters. The Hall–Kier alpha value is -0.530. The Morgan fingerprint density at radius 3 is 2.62 bits per heavy atom. The van der Waals surface area contributed by atoms with Crippen LogP contribution < -0.4 is 5.32 Å². The van der Waals surface area contributed by atoms with Gasteiger partial charge in [0.2, 0.25) is 5.91 Å². The SMILES string of the molecule is CCCC(=O)NCC1CCCCC1. The predicted octanol–water partition coefficient (Wildman–Crippen LogP) is 2.48. The Bertz CT molecular complexity index is 150. The molecule has 2 nitrogen and oxygen atoms in total. The van der Waals surface area contributed by atoms with E-state index in [1.807, 2.05) is 6.92 Å². The summed E-state index contributed by atoms with van der Waals surface area (Å²) in [5.74, 6) is 0.989. The van der Waals surface area contributed by atoms with E-state index in [-0.39, 0.29) is 5.91 Å². The molecular weight excluding hydrogens is 162 g/mol. The summed E-state index contributed by atoms with van der Waals surface area (Å²) in [5, 5.41) is 3.01. The fourth-order valence-electron chi connectivity index (χ4n) is 1.96. The van der Waals surface area contributed by atoms with Gasteiger partial charge in [0.25, 0.3) is 0 Å². The van der Waals surface area contributed by atoms with Gasteiger partial charge in [0, 0.05) is 13.0 Å². The van der Waals surface area contributed by atoms with Crippen molar-refractivity contribution in [3.63, 3.8) is 0 Å². The molecule has 1 aliphatic rings. The highest BCUT2D eigenvalue weighted by Crippen LogP contribution is 2.22. The van der Waals surface area contributed by atoms with Gasteiger partial charge in [-0.1, -0.05) is 26.2 Å². The summed E-state index contributed by atoms with van der Waals surface area (Å²) in [6.07, 6.45) is 8.37. The van der Waals surface area contributed by atoms with Crippen LogP contribution in [-0.2, 0) is 4.79 Å². The summed E-state index contributed by atoms with van der Waals surface area (Å²) in [7, 11) is 0. The molecule has 0 saturated heterocycles. The van der Waals surface area contributed by atoms with Crippen LogP contribution in [0.15, 0.2) is 0 Å². The van der Waals surface area contributed by atoms with Crippen LogP contribution in [0.2, 0.25) is 0 Å². The van der Waals surface area contributed by atoms with Crippen molar-refractivity contribution in [1.29, 1.82) is 0 Å². The zero-order valence-corrected chi connectivity index (χ0v) is 8.64. The van der Waals surface area contributed by atoms with Crippen LogP contribution >= 0.6 is 0 Å². The molecule has 1 aliphatic carbocycles. The van der Waals surface area contributed by atoms with Gasteiger partial charge in [0.1, 0.15) is 0 Å². The molecule has 0 heterocycles. The molecule has 13 heavy (non-hydrogen) atoms. The van der Waals surface area contributed by atoms with Crippen molar-refractivity contribution in [3.8, 4) is 0 Å². The normalized spacial score (nSPS) is 18.5. The van der Waals surface area contributed by atoms with Crippen molar-refractivity contribution >= 4 is 5.91 Å². The lowest BCUT2D eigenvalue weighted by molar-refractivity contribution is -0.121. The minimum atomic E-state index is 0.230. The van der Waals surface area contributed by atoms with Crippen molar-refractivity contribution in [2.24, 2.45) is 5.92 Å². The summed E-state index contributed by atoms with van der Waals surface area (Å²) < 4.78 is 0. The van der Waals surface area contributed by atoms with E-state index >= 15 is 0 Å². The van der Waals surface area contributed by atoms with Crippen LogP contribution in [0.5, 0.6) is 0 Å². The molecule has 2 heteroatoms. The number of amides is 1. The van der Waals surface area contributed by atoms with Crippen molar-refractivity contribution in [2.75, 3.05) is 6.54 Å². The van der Waals surface area contributed by atoms with Crippen LogP contribution in [0.3, 0.4) is 0 Å². The molecule has 0 aromatic heterocycles. The third-order valence-electron chi connectivity index (χ3n) is 2.79. The second kappa shape index (κ2) is 6.01. The Balaban J connectivity index is 2.06. The maximum atomic E-state index is 11.2. The number of nitrogens with one attached hydrogen (secondary N) is 1. The predicted molar refractivity (Wildman–Crippen MR) is 54.5 cm³/mol. The summed E-state index contributed by atoms with van der Waals surface area (Å²) in [4.78, 5) is 11.2. The second-order valence-corrected chi connectivity index (χ2v) is 4.06. The maximum Gasteiger partial charge on any atom is 0.219 e. The minimum absolute atomic E-state index is 0.230. The highest BCUT2D eigenvalue weighted by atomic mass is 16.1. The number of hydrogen-bond acceptors (Lipinski definition) is 1. The first kappa shape index (κ1) is 10.6. The van der Waals surface area contributed by atoms with Gasteiger partial charge < -0.3 is 5.32 Å². The fraction of sp³-hybridized carbons (Fsp3) is 0.909. The second-order valence-electron chi connectivity index (χ2n) is 4.06. The van der Waals surface area contributed by atoms with Crippen LogP contribution in [0.25, 0.3) is 0 Å². The lowest BCUT2D eigenvalue weighted by Crippen LogP contribution is -2.29. The smallest absolute Gasteiger partial charge is 0.219 e. The van der Waals surface area contributed by atoms with E-state index in [1.165, 1.54) is 32.1 Å². The molecule has 76 valence electrons. The van der Waals surface area contributed by atoms with E-state index in [4.69, 9.17) is 0 Å². The monoisotopic (exact) mass is 183 g/mol. The Labute approximate surface area is 81.1 Å². The number of carbonyl (C=O) groups excluding carboxylic acids is 1. The Morgan fingerprint density at radius 2 is 2.00 bits per heavy atom. The van der Waals surface area contributed by atoms with Gasteiger partial charge in [0.05, 0.1) is 0 Å². The summed E-state index contributed by atoms with van der Waals surface area (Å²) in [6.45, 7) is 2.96. The largest absolute Gasteiger partial charge is 0.356 e. The summed E-state index contributed by atoms with van der Waals surface area (Å²) in [5.41, 5.74) is 0. The molecule has 1 saturated carbocycles. The first-order chi connectivity index (χ1) is 6.33. The van der Waals surface area contributed by atoms with Crippen LogP contribution in [0.1, 0.15) is 51.9 Å². The third kappa shape index (κ3) is 4.30. The minimum Gasteiger partial charge on any atom is -0.356 e. The highest BCUT2D eigenvalue weighted by Gasteiger charge is 2.13. The first-order valence-corrected chi connectivity index (χ1v) is 5.59. The number of rotatable bonds is 4. The first-order valence-electron chi connectivity index (χ1n) is 5.59. The van der Waals surface area contributed by atoms with Crippen LogP contribution in [0, 0.1) is 5.92 Å². The Morgan fingerprint density at radius 1 is 1.31 bits per heavy atom. The molecule has 0 aliphatic heterocycles. The van der Waals surface area contributed by atoms with Gasteiger partial charge in [0.15, 0.2) is 0 Å². The molecule has 1 fully saturated rings. The lowest BCUT2D eigenvalue weighted by atomic mass is 9.89. The average Bonchev–Trinajstić information content (AvgIpc) is 2.17. The summed E-state index contributed by atoms with van der Waals surface area (Å²) in [6, 6.07) is 0. The average molecular weight is 183 g/mol. The molecular formula is C11H21NO. The van der Waals surface area contributed by atoms with Gasteiger partial charge in [-0.15, -0.1) is 0 Å². The quantitative estimate of drug-likeness (QED) is 0.712. The maximum absolute atomic E-state index is 11.2. The van der Waals surface area contributed by atoms with E-state index in [2.05, 4.69) is 5.32 Å². The zero-order valence-electron chi connectivity index (χ0n) is 8.64. The van der Waals surface area contributed by atoms with E-state index < -0.39 is 0 Å². The Kier molecular flexibility index (Phi) is 4.87. The van der Waals surface area contributed by atoms with Crippen molar-refractivity contribution in [1.82, 2.24) is 5.32 Å². The van der Waals surface area contributed by atoms with E-state index in [1.54, 1.807) is 0 Å². The van der Waals surface area contributed by atoms with Crippen molar-refractivity contribution in [2.45, 2.75) is 51.9 Å². The molecule has 1 amide bonds. The molecule has 0 radical (unpaired) electrons. The zero-order chi connectivity index (χ0) is 9.52. The summed E-state index contributed by atoms with van der Waals surface area (Å²) >= 11 is 0. The standard InChI is InChI=1S/C11H21NO/c1-2-6-11(13)12-9-10-7-4-3-5-8-10/h10H,2-9H2,1H3,(H,12,13). The van der Waals surface area contributed by atoms with Crippen molar-refractivity contribution in [3.05, 3.63) is 0 Å². The van der Waals surface area contributed by atoms with Gasteiger partial charge >= 0.3 is 0 Å². The number of hydrogen-bond donors (Lipinski definition) is 1. The molecule has 0 aromatic rings. The lowest BCUT2D eigenvalue weighted by Gasteiger charge is -2.21. The third-order valence-corrected chi connectivity index (χ3v) is 2.79. The van der Waals surface area contributed by atoms with Crippen LogP contribution in [0.4, 0.5) is 0 Å². The molecule has 0 atom stereocenters. The molecule has 0 aromatic carbocycles. The highest BCUT2D eigenvalue weighted by molar-refractivity contribution is 5.75.